The fraction of sp³-hybridized carbons (Fsp3) is 0.500. The Balaban J connectivity index is 1.97. The molecule has 1 fully saturated rings. The molecule has 0 atom stereocenters. The molecule has 0 bridgehead atoms. The van der Waals surface area contributed by atoms with Gasteiger partial charge in [-0.1, -0.05) is 0 Å². The fourth-order valence-corrected chi connectivity index (χ4v) is 1.17. The van der Waals surface area contributed by atoms with Gasteiger partial charge in [0.1, 0.15) is 5.82 Å². The lowest BCUT2D eigenvalue weighted by Gasteiger charge is -2.07. The third-order valence-corrected chi connectivity index (χ3v) is 1.79. The largest absolute Gasteiger partial charge is 0.382 e. The van der Waals surface area contributed by atoms with Crippen molar-refractivity contribution in [1.82, 2.24) is 9.97 Å². The van der Waals surface area contributed by atoms with Crippen molar-refractivity contribution in [2.75, 3.05) is 18.9 Å². The van der Waals surface area contributed by atoms with Gasteiger partial charge in [-0.25, -0.2) is 4.98 Å². The Morgan fingerprint density at radius 3 is 2.69 bits per heavy atom. The molecular formula is C8H11N3O2. The van der Waals surface area contributed by atoms with E-state index in [2.05, 4.69) is 9.97 Å². The second-order valence-electron chi connectivity index (χ2n) is 2.81. The van der Waals surface area contributed by atoms with Gasteiger partial charge in [-0.05, 0) is 0 Å². The SMILES string of the molecule is Nc1cnc(CC2OCCO2)cn1. The molecule has 5 heteroatoms. The van der Waals surface area contributed by atoms with Crippen LogP contribution in [0, 0.1) is 0 Å². The van der Waals surface area contributed by atoms with E-state index in [1.807, 2.05) is 0 Å². The molecule has 70 valence electrons. The monoisotopic (exact) mass is 181 g/mol. The molecule has 1 aliphatic rings. The first-order chi connectivity index (χ1) is 6.34. The summed E-state index contributed by atoms with van der Waals surface area (Å²) < 4.78 is 10.5. The van der Waals surface area contributed by atoms with Gasteiger partial charge in [0.25, 0.3) is 0 Å². The lowest BCUT2D eigenvalue weighted by Crippen LogP contribution is -2.12. The molecule has 2 rings (SSSR count). The molecule has 1 aromatic heterocycles. The van der Waals surface area contributed by atoms with Crippen molar-refractivity contribution >= 4 is 5.82 Å². The van der Waals surface area contributed by atoms with E-state index in [1.165, 1.54) is 6.20 Å². The first kappa shape index (κ1) is 8.40. The molecule has 2 N–H and O–H groups in total. The molecular weight excluding hydrogens is 170 g/mol. The molecule has 0 aliphatic carbocycles. The average Bonchev–Trinajstić information content (AvgIpc) is 2.62. The van der Waals surface area contributed by atoms with E-state index in [0.29, 0.717) is 25.5 Å². The van der Waals surface area contributed by atoms with Crippen LogP contribution in [0.1, 0.15) is 5.69 Å². The Morgan fingerprint density at radius 2 is 2.08 bits per heavy atom. The molecule has 13 heavy (non-hydrogen) atoms. The van der Waals surface area contributed by atoms with Crippen molar-refractivity contribution in [2.45, 2.75) is 12.7 Å². The number of rotatable bonds is 2. The van der Waals surface area contributed by atoms with Crippen LogP contribution in [0.4, 0.5) is 5.82 Å². The second kappa shape index (κ2) is 3.68. The van der Waals surface area contributed by atoms with Crippen LogP contribution in [0.3, 0.4) is 0 Å². The number of nitrogens with two attached hydrogens (primary N) is 1. The van der Waals surface area contributed by atoms with Crippen LogP contribution in [-0.2, 0) is 15.9 Å². The smallest absolute Gasteiger partial charge is 0.163 e. The fourth-order valence-electron chi connectivity index (χ4n) is 1.17. The third kappa shape index (κ3) is 2.13. The van der Waals surface area contributed by atoms with Gasteiger partial charge in [0.05, 0.1) is 31.3 Å². The van der Waals surface area contributed by atoms with Crippen molar-refractivity contribution in [3.8, 4) is 0 Å². The van der Waals surface area contributed by atoms with Gasteiger partial charge >= 0.3 is 0 Å². The van der Waals surface area contributed by atoms with Gasteiger partial charge in [0.15, 0.2) is 6.29 Å². The normalized spacial score (nSPS) is 17.8. The van der Waals surface area contributed by atoms with E-state index in [9.17, 15) is 0 Å². The Hall–Kier alpha value is -1.20. The van der Waals surface area contributed by atoms with Gasteiger partial charge in [0, 0.05) is 6.42 Å². The van der Waals surface area contributed by atoms with Crippen molar-refractivity contribution < 1.29 is 9.47 Å². The minimum atomic E-state index is -0.169. The van der Waals surface area contributed by atoms with E-state index in [-0.39, 0.29) is 6.29 Å². The average molecular weight is 181 g/mol. The van der Waals surface area contributed by atoms with Crippen LogP contribution in [0.15, 0.2) is 12.4 Å². The van der Waals surface area contributed by atoms with Gasteiger partial charge in [-0.3, -0.25) is 4.98 Å². The van der Waals surface area contributed by atoms with Gasteiger partial charge < -0.3 is 15.2 Å². The number of aromatic nitrogens is 2. The summed E-state index contributed by atoms with van der Waals surface area (Å²) in [5.41, 5.74) is 6.23. The van der Waals surface area contributed by atoms with E-state index in [4.69, 9.17) is 15.2 Å². The number of ether oxygens (including phenoxy) is 2. The lowest BCUT2D eigenvalue weighted by atomic mass is 10.3. The maximum atomic E-state index is 5.40. The van der Waals surface area contributed by atoms with E-state index >= 15 is 0 Å². The van der Waals surface area contributed by atoms with Gasteiger partial charge in [-0.2, -0.15) is 0 Å². The molecule has 0 spiro atoms. The summed E-state index contributed by atoms with van der Waals surface area (Å²) in [6.07, 6.45) is 3.63. The molecule has 5 nitrogen and oxygen atoms in total. The number of nitrogens with zero attached hydrogens (tertiary/aromatic N) is 2. The summed E-state index contributed by atoms with van der Waals surface area (Å²) in [4.78, 5) is 8.02. The maximum absolute atomic E-state index is 5.40. The molecule has 0 aromatic carbocycles. The Morgan fingerprint density at radius 1 is 1.31 bits per heavy atom. The van der Waals surface area contributed by atoms with Crippen LogP contribution >= 0.6 is 0 Å². The first-order valence-corrected chi connectivity index (χ1v) is 4.14. The summed E-state index contributed by atoms with van der Waals surface area (Å²) in [7, 11) is 0. The number of hydrogen-bond acceptors (Lipinski definition) is 5. The summed E-state index contributed by atoms with van der Waals surface area (Å²) in [6.45, 7) is 1.32. The van der Waals surface area contributed by atoms with Crippen molar-refractivity contribution in [2.24, 2.45) is 0 Å². The zero-order valence-electron chi connectivity index (χ0n) is 7.14. The Bertz CT molecular complexity index is 269. The standard InChI is InChI=1S/C8H11N3O2/c9-7-5-10-6(4-11-7)3-8-12-1-2-13-8/h4-5,8H,1-3H2,(H2,9,11). The van der Waals surface area contributed by atoms with Crippen LogP contribution in [0.2, 0.25) is 0 Å². The summed E-state index contributed by atoms with van der Waals surface area (Å²) in [6, 6.07) is 0. The van der Waals surface area contributed by atoms with Gasteiger partial charge in [0.2, 0.25) is 0 Å². The minimum Gasteiger partial charge on any atom is -0.382 e. The third-order valence-electron chi connectivity index (χ3n) is 1.79. The highest BCUT2D eigenvalue weighted by Crippen LogP contribution is 2.09. The molecule has 1 aromatic rings. The topological polar surface area (TPSA) is 70.3 Å². The molecule has 2 heterocycles. The molecule has 0 amide bonds. The van der Waals surface area contributed by atoms with Crippen LogP contribution in [0.5, 0.6) is 0 Å². The predicted octanol–water partition coefficient (Wildman–Crippen LogP) is -0.0258. The predicted molar refractivity (Wildman–Crippen MR) is 45.8 cm³/mol. The van der Waals surface area contributed by atoms with E-state index in [1.54, 1.807) is 6.20 Å². The number of hydrogen-bond donors (Lipinski definition) is 1. The first-order valence-electron chi connectivity index (χ1n) is 4.14. The van der Waals surface area contributed by atoms with Crippen LogP contribution < -0.4 is 5.73 Å². The number of anilines is 1. The Kier molecular flexibility index (Phi) is 2.37. The van der Waals surface area contributed by atoms with Crippen molar-refractivity contribution in [3.63, 3.8) is 0 Å². The quantitative estimate of drug-likeness (QED) is 0.694. The molecule has 1 aliphatic heterocycles. The van der Waals surface area contributed by atoms with Crippen molar-refractivity contribution in [3.05, 3.63) is 18.1 Å². The zero-order valence-corrected chi connectivity index (χ0v) is 7.14. The lowest BCUT2D eigenvalue weighted by molar-refractivity contribution is -0.0406. The highest BCUT2D eigenvalue weighted by atomic mass is 16.7. The van der Waals surface area contributed by atoms with Crippen molar-refractivity contribution in [1.29, 1.82) is 0 Å². The summed E-state index contributed by atoms with van der Waals surface area (Å²) in [5, 5.41) is 0. The molecule has 1 saturated heterocycles. The van der Waals surface area contributed by atoms with E-state index in [0.717, 1.165) is 5.69 Å². The summed E-state index contributed by atoms with van der Waals surface area (Å²) in [5.74, 6) is 0.428. The van der Waals surface area contributed by atoms with Gasteiger partial charge in [-0.15, -0.1) is 0 Å². The second-order valence-corrected chi connectivity index (χ2v) is 2.81. The molecule has 0 unspecified atom stereocenters. The zero-order chi connectivity index (χ0) is 9.10. The highest BCUT2D eigenvalue weighted by molar-refractivity contribution is 5.22. The van der Waals surface area contributed by atoms with Crippen LogP contribution in [0.25, 0.3) is 0 Å². The molecule has 0 radical (unpaired) electrons. The van der Waals surface area contributed by atoms with E-state index < -0.39 is 0 Å². The minimum absolute atomic E-state index is 0.169. The number of nitrogen functional groups attached to an aromatic ring is 1. The summed E-state index contributed by atoms with van der Waals surface area (Å²) >= 11 is 0. The Labute approximate surface area is 75.9 Å². The maximum Gasteiger partial charge on any atom is 0.163 e. The highest BCUT2D eigenvalue weighted by Gasteiger charge is 2.16. The van der Waals surface area contributed by atoms with Crippen LogP contribution in [-0.4, -0.2) is 29.5 Å². The molecule has 0 saturated carbocycles.